The Morgan fingerprint density at radius 2 is 1.74 bits per heavy atom. The van der Waals surface area contributed by atoms with E-state index in [4.69, 9.17) is 5.73 Å². The van der Waals surface area contributed by atoms with Crippen molar-refractivity contribution >= 4 is 0 Å². The Bertz CT molecular complexity index is 418. The Morgan fingerprint density at radius 1 is 1.16 bits per heavy atom. The number of rotatable bonds is 4. The predicted octanol–water partition coefficient (Wildman–Crippen LogP) is 3.29. The van der Waals surface area contributed by atoms with Gasteiger partial charge in [0.25, 0.3) is 0 Å². The SMILES string of the molecule is CC(C)(C)c1ccc(C(CN)NC2CC=CC2)cc1. The van der Waals surface area contributed by atoms with Gasteiger partial charge in [0.05, 0.1) is 0 Å². The summed E-state index contributed by atoms with van der Waals surface area (Å²) in [6.07, 6.45) is 6.73. The standard InChI is InChI=1S/C17H26N2/c1-17(2,3)14-10-8-13(9-11-14)16(12-18)19-15-6-4-5-7-15/h4-5,8-11,15-16,19H,6-7,12,18H2,1-3H3. The molecule has 2 heteroatoms. The lowest BCUT2D eigenvalue weighted by atomic mass is 9.86. The van der Waals surface area contributed by atoms with E-state index in [0.717, 1.165) is 12.8 Å². The fraction of sp³-hybridized carbons (Fsp3) is 0.529. The van der Waals surface area contributed by atoms with Crippen molar-refractivity contribution in [1.29, 1.82) is 0 Å². The molecule has 3 N–H and O–H groups in total. The van der Waals surface area contributed by atoms with Crippen LogP contribution in [-0.4, -0.2) is 12.6 Å². The van der Waals surface area contributed by atoms with Crippen LogP contribution in [0.1, 0.15) is 50.8 Å². The lowest BCUT2D eigenvalue weighted by molar-refractivity contribution is 0.453. The van der Waals surface area contributed by atoms with Gasteiger partial charge in [-0.2, -0.15) is 0 Å². The second-order valence-corrected chi connectivity index (χ2v) is 6.47. The first-order valence-electron chi connectivity index (χ1n) is 7.22. The zero-order valence-electron chi connectivity index (χ0n) is 12.3. The van der Waals surface area contributed by atoms with E-state index in [0.29, 0.717) is 12.6 Å². The molecule has 2 rings (SSSR count). The molecule has 0 aliphatic heterocycles. The molecule has 2 nitrogen and oxygen atoms in total. The van der Waals surface area contributed by atoms with Crippen molar-refractivity contribution < 1.29 is 0 Å². The first kappa shape index (κ1) is 14.3. The molecule has 0 spiro atoms. The summed E-state index contributed by atoms with van der Waals surface area (Å²) in [4.78, 5) is 0. The van der Waals surface area contributed by atoms with Crippen LogP contribution in [0.15, 0.2) is 36.4 Å². The van der Waals surface area contributed by atoms with Gasteiger partial charge in [0.1, 0.15) is 0 Å². The smallest absolute Gasteiger partial charge is 0.0446 e. The zero-order chi connectivity index (χ0) is 13.9. The van der Waals surface area contributed by atoms with E-state index in [-0.39, 0.29) is 11.5 Å². The van der Waals surface area contributed by atoms with Gasteiger partial charge in [-0.3, -0.25) is 0 Å². The van der Waals surface area contributed by atoms with Gasteiger partial charge in [0.15, 0.2) is 0 Å². The van der Waals surface area contributed by atoms with Crippen molar-refractivity contribution in [2.75, 3.05) is 6.54 Å². The molecule has 0 saturated carbocycles. The Morgan fingerprint density at radius 3 is 2.21 bits per heavy atom. The molecule has 1 aromatic rings. The first-order chi connectivity index (χ1) is 9.00. The molecule has 0 amide bonds. The fourth-order valence-corrected chi connectivity index (χ4v) is 2.55. The fourth-order valence-electron chi connectivity index (χ4n) is 2.55. The zero-order valence-corrected chi connectivity index (χ0v) is 12.3. The topological polar surface area (TPSA) is 38.0 Å². The van der Waals surface area contributed by atoms with Gasteiger partial charge >= 0.3 is 0 Å². The summed E-state index contributed by atoms with van der Waals surface area (Å²) >= 11 is 0. The number of hydrogen-bond donors (Lipinski definition) is 2. The minimum Gasteiger partial charge on any atom is -0.329 e. The van der Waals surface area contributed by atoms with Crippen molar-refractivity contribution in [1.82, 2.24) is 5.32 Å². The summed E-state index contributed by atoms with van der Waals surface area (Å²) < 4.78 is 0. The van der Waals surface area contributed by atoms with E-state index in [1.54, 1.807) is 0 Å². The van der Waals surface area contributed by atoms with E-state index < -0.39 is 0 Å². The number of benzene rings is 1. The molecule has 0 radical (unpaired) electrons. The summed E-state index contributed by atoms with van der Waals surface area (Å²) in [7, 11) is 0. The second kappa shape index (κ2) is 5.89. The van der Waals surface area contributed by atoms with Crippen molar-refractivity contribution in [3.8, 4) is 0 Å². The number of nitrogens with one attached hydrogen (secondary N) is 1. The number of hydrogen-bond acceptors (Lipinski definition) is 2. The molecule has 0 aromatic heterocycles. The predicted molar refractivity (Wildman–Crippen MR) is 82.2 cm³/mol. The van der Waals surface area contributed by atoms with Crippen LogP contribution in [0, 0.1) is 0 Å². The summed E-state index contributed by atoms with van der Waals surface area (Å²) in [6.45, 7) is 7.37. The molecule has 1 aromatic carbocycles. The van der Waals surface area contributed by atoms with E-state index in [1.165, 1.54) is 11.1 Å². The van der Waals surface area contributed by atoms with Gasteiger partial charge in [-0.1, -0.05) is 57.2 Å². The molecule has 19 heavy (non-hydrogen) atoms. The van der Waals surface area contributed by atoms with Crippen molar-refractivity contribution in [2.24, 2.45) is 5.73 Å². The van der Waals surface area contributed by atoms with Gasteiger partial charge in [-0.05, 0) is 29.4 Å². The highest BCUT2D eigenvalue weighted by atomic mass is 15.0. The van der Waals surface area contributed by atoms with Gasteiger partial charge in [-0.15, -0.1) is 0 Å². The van der Waals surface area contributed by atoms with E-state index in [2.05, 4.69) is 62.5 Å². The highest BCUT2D eigenvalue weighted by Gasteiger charge is 2.18. The molecule has 1 aliphatic rings. The van der Waals surface area contributed by atoms with Crippen LogP contribution in [-0.2, 0) is 5.41 Å². The molecule has 1 aliphatic carbocycles. The van der Waals surface area contributed by atoms with Gasteiger partial charge in [0, 0.05) is 18.6 Å². The van der Waals surface area contributed by atoms with E-state index in [1.807, 2.05) is 0 Å². The molecule has 1 atom stereocenters. The summed E-state index contributed by atoms with van der Waals surface area (Å²) in [5.41, 5.74) is 8.80. The Kier molecular flexibility index (Phi) is 4.43. The molecule has 104 valence electrons. The molecule has 0 bridgehead atoms. The second-order valence-electron chi connectivity index (χ2n) is 6.47. The minimum absolute atomic E-state index is 0.208. The van der Waals surface area contributed by atoms with Crippen LogP contribution in [0.5, 0.6) is 0 Å². The molecule has 0 fully saturated rings. The summed E-state index contributed by atoms with van der Waals surface area (Å²) in [6, 6.07) is 9.70. The van der Waals surface area contributed by atoms with Gasteiger partial charge < -0.3 is 11.1 Å². The minimum atomic E-state index is 0.208. The Hall–Kier alpha value is -1.12. The lowest BCUT2D eigenvalue weighted by Gasteiger charge is -2.24. The lowest BCUT2D eigenvalue weighted by Crippen LogP contribution is -2.35. The highest BCUT2D eigenvalue weighted by Crippen LogP contribution is 2.24. The summed E-state index contributed by atoms with van der Waals surface area (Å²) in [5.74, 6) is 0. The highest BCUT2D eigenvalue weighted by molar-refractivity contribution is 5.29. The molecular weight excluding hydrogens is 232 g/mol. The quantitative estimate of drug-likeness (QED) is 0.813. The van der Waals surface area contributed by atoms with Crippen molar-refractivity contribution in [3.63, 3.8) is 0 Å². The Labute approximate surface area is 117 Å². The first-order valence-corrected chi connectivity index (χ1v) is 7.22. The maximum atomic E-state index is 5.92. The maximum Gasteiger partial charge on any atom is 0.0446 e. The average Bonchev–Trinajstić information content (AvgIpc) is 2.88. The normalized spacial score (nSPS) is 17.9. The largest absolute Gasteiger partial charge is 0.329 e. The third-order valence-corrected chi connectivity index (χ3v) is 3.86. The van der Waals surface area contributed by atoms with Crippen LogP contribution < -0.4 is 11.1 Å². The Balaban J connectivity index is 2.06. The van der Waals surface area contributed by atoms with Crippen LogP contribution in [0.25, 0.3) is 0 Å². The van der Waals surface area contributed by atoms with Crippen molar-refractivity contribution in [2.45, 2.75) is 51.1 Å². The monoisotopic (exact) mass is 258 g/mol. The summed E-state index contributed by atoms with van der Waals surface area (Å²) in [5, 5.41) is 3.65. The van der Waals surface area contributed by atoms with Crippen LogP contribution in [0.2, 0.25) is 0 Å². The van der Waals surface area contributed by atoms with Crippen molar-refractivity contribution in [3.05, 3.63) is 47.5 Å². The van der Waals surface area contributed by atoms with Gasteiger partial charge in [0.2, 0.25) is 0 Å². The number of nitrogens with two attached hydrogens (primary N) is 1. The third kappa shape index (κ3) is 3.68. The van der Waals surface area contributed by atoms with E-state index in [9.17, 15) is 0 Å². The average molecular weight is 258 g/mol. The third-order valence-electron chi connectivity index (χ3n) is 3.86. The van der Waals surface area contributed by atoms with Gasteiger partial charge in [-0.25, -0.2) is 0 Å². The molecular formula is C17H26N2. The van der Waals surface area contributed by atoms with Crippen LogP contribution >= 0.6 is 0 Å². The molecule has 1 unspecified atom stereocenters. The molecule has 0 saturated heterocycles. The maximum absolute atomic E-state index is 5.92. The molecule has 0 heterocycles. The van der Waals surface area contributed by atoms with Crippen LogP contribution in [0.3, 0.4) is 0 Å². The van der Waals surface area contributed by atoms with Crippen LogP contribution in [0.4, 0.5) is 0 Å². The van der Waals surface area contributed by atoms with E-state index >= 15 is 0 Å².